The van der Waals surface area contributed by atoms with E-state index < -0.39 is 5.97 Å². The minimum Gasteiger partial charge on any atom is -0.465 e. The summed E-state index contributed by atoms with van der Waals surface area (Å²) in [5, 5.41) is 7.28. The number of methoxy groups -OCH3 is 1. The molecule has 0 aromatic carbocycles. The lowest BCUT2D eigenvalue weighted by Gasteiger charge is -2.07. The number of ether oxygens (including phenoxy) is 1. The smallest absolute Gasteiger partial charge is 0.344 e. The molecule has 9 heteroatoms. The van der Waals surface area contributed by atoms with Gasteiger partial charge in [-0.05, 0) is 30.7 Å². The monoisotopic (exact) mass is 307 g/mol. The fraction of sp³-hybridized carbons (Fsp3) is 0.333. The van der Waals surface area contributed by atoms with Crippen LogP contribution in [0.25, 0.3) is 0 Å². The normalized spacial score (nSPS) is 14.1. The molecule has 0 unspecified atom stereocenters. The molecule has 3 rings (SSSR count). The van der Waals surface area contributed by atoms with Crippen molar-refractivity contribution in [3.63, 3.8) is 0 Å². The van der Waals surface area contributed by atoms with Gasteiger partial charge in [-0.15, -0.1) is 5.10 Å². The van der Waals surface area contributed by atoms with Crippen molar-refractivity contribution >= 4 is 23.4 Å². The number of rotatable bonds is 4. The maximum absolute atomic E-state index is 11.8. The summed E-state index contributed by atoms with van der Waals surface area (Å²) in [4.78, 5) is 27.7. The van der Waals surface area contributed by atoms with Crippen LogP contribution in [0.1, 0.15) is 29.2 Å². The van der Waals surface area contributed by atoms with Gasteiger partial charge in [0.15, 0.2) is 5.16 Å². The predicted octanol–water partition coefficient (Wildman–Crippen LogP) is 0.821. The van der Waals surface area contributed by atoms with Crippen molar-refractivity contribution in [3.8, 4) is 0 Å². The first-order valence-electron chi connectivity index (χ1n) is 6.28. The fourth-order valence-corrected chi connectivity index (χ4v) is 2.86. The van der Waals surface area contributed by atoms with E-state index in [4.69, 9.17) is 10.5 Å². The zero-order valence-electron chi connectivity index (χ0n) is 11.2. The number of nitrogens with zero attached hydrogens (tertiary/aromatic N) is 3. The van der Waals surface area contributed by atoms with Gasteiger partial charge in [0.2, 0.25) is 0 Å². The molecule has 2 aromatic heterocycles. The number of nitrogen functional groups attached to an aromatic ring is 1. The molecule has 0 bridgehead atoms. The average molecular weight is 307 g/mol. The molecule has 3 N–H and O–H groups in total. The van der Waals surface area contributed by atoms with Crippen LogP contribution in [0.4, 0.5) is 5.69 Å². The Balaban J connectivity index is 1.98. The van der Waals surface area contributed by atoms with Gasteiger partial charge in [0.25, 0.3) is 0 Å². The van der Waals surface area contributed by atoms with Gasteiger partial charge in [0.05, 0.1) is 24.6 Å². The summed E-state index contributed by atoms with van der Waals surface area (Å²) in [7, 11) is 1.29. The van der Waals surface area contributed by atoms with Gasteiger partial charge < -0.3 is 10.5 Å². The Morgan fingerprint density at radius 2 is 2.33 bits per heavy atom. The van der Waals surface area contributed by atoms with Crippen LogP contribution in [0.3, 0.4) is 0 Å². The van der Waals surface area contributed by atoms with E-state index in [-0.39, 0.29) is 17.3 Å². The topological polar surface area (TPSA) is 116 Å². The van der Waals surface area contributed by atoms with E-state index in [9.17, 15) is 9.59 Å². The Labute approximate surface area is 123 Å². The van der Waals surface area contributed by atoms with Gasteiger partial charge in [0.1, 0.15) is 5.03 Å². The number of aromatic amines is 1. The lowest BCUT2D eigenvalue weighted by atomic mass is 10.3. The maximum Gasteiger partial charge on any atom is 0.344 e. The van der Waals surface area contributed by atoms with Crippen molar-refractivity contribution in [2.24, 2.45) is 0 Å². The maximum atomic E-state index is 11.8. The van der Waals surface area contributed by atoms with Crippen LogP contribution in [-0.2, 0) is 4.74 Å². The summed E-state index contributed by atoms with van der Waals surface area (Å²) in [5.74, 6) is -0.534. The third kappa shape index (κ3) is 2.64. The summed E-state index contributed by atoms with van der Waals surface area (Å²) in [5.41, 5.74) is 6.01. The molecular weight excluding hydrogens is 294 g/mol. The second-order valence-corrected chi connectivity index (χ2v) is 5.58. The number of H-pyrrole nitrogens is 1. The molecule has 2 aromatic rings. The van der Waals surface area contributed by atoms with Crippen LogP contribution in [0.2, 0.25) is 0 Å². The second-order valence-electron chi connectivity index (χ2n) is 4.63. The van der Waals surface area contributed by atoms with E-state index in [0.29, 0.717) is 15.9 Å². The number of hydrogen-bond acceptors (Lipinski definition) is 7. The first-order valence-corrected chi connectivity index (χ1v) is 7.10. The van der Waals surface area contributed by atoms with Crippen molar-refractivity contribution in [2.45, 2.75) is 29.1 Å². The molecule has 0 amide bonds. The average Bonchev–Trinajstić information content (AvgIpc) is 3.24. The van der Waals surface area contributed by atoms with Crippen LogP contribution in [-0.4, -0.2) is 32.8 Å². The Bertz CT molecular complexity index is 750. The van der Waals surface area contributed by atoms with Crippen molar-refractivity contribution in [2.75, 3.05) is 12.8 Å². The number of nitrogens with two attached hydrogens (primary N) is 1. The van der Waals surface area contributed by atoms with E-state index in [1.54, 1.807) is 4.57 Å². The third-order valence-electron chi connectivity index (χ3n) is 3.05. The first kappa shape index (κ1) is 13.7. The Kier molecular flexibility index (Phi) is 3.42. The van der Waals surface area contributed by atoms with Gasteiger partial charge in [-0.3, -0.25) is 4.57 Å². The third-order valence-corrected chi connectivity index (χ3v) is 4.04. The minimum absolute atomic E-state index is 0.175. The number of esters is 1. The summed E-state index contributed by atoms with van der Waals surface area (Å²) >= 11 is 1.14. The number of aromatic nitrogens is 4. The standard InChI is InChI=1S/C12H13N5O3S/c1-20-10(18)8-4-6(13)5-14-9(8)21-12-16-15-11(19)17(12)7-2-3-7/h4-5,7H,2-3,13H2,1H3,(H,15,19). The Morgan fingerprint density at radius 1 is 1.57 bits per heavy atom. The van der Waals surface area contributed by atoms with Gasteiger partial charge in [-0.1, -0.05) is 0 Å². The zero-order chi connectivity index (χ0) is 15.0. The highest BCUT2D eigenvalue weighted by Gasteiger charge is 2.29. The van der Waals surface area contributed by atoms with Crippen molar-refractivity contribution in [1.29, 1.82) is 0 Å². The van der Waals surface area contributed by atoms with Gasteiger partial charge in [-0.2, -0.15) is 0 Å². The molecule has 1 aliphatic rings. The van der Waals surface area contributed by atoms with Gasteiger partial charge in [-0.25, -0.2) is 19.7 Å². The van der Waals surface area contributed by atoms with E-state index in [1.165, 1.54) is 19.4 Å². The van der Waals surface area contributed by atoms with Gasteiger partial charge in [0, 0.05) is 6.04 Å². The van der Waals surface area contributed by atoms with Crippen molar-refractivity contribution in [1.82, 2.24) is 19.7 Å². The lowest BCUT2D eigenvalue weighted by Crippen LogP contribution is -2.16. The molecule has 21 heavy (non-hydrogen) atoms. The molecule has 1 aliphatic carbocycles. The number of carbonyl (C=O) groups excluding carboxylic acids is 1. The van der Waals surface area contributed by atoms with Crippen LogP contribution in [0.15, 0.2) is 27.2 Å². The van der Waals surface area contributed by atoms with Crippen LogP contribution in [0, 0.1) is 0 Å². The number of carbonyl (C=O) groups is 1. The lowest BCUT2D eigenvalue weighted by molar-refractivity contribution is 0.0596. The number of hydrogen-bond donors (Lipinski definition) is 2. The number of anilines is 1. The predicted molar refractivity (Wildman–Crippen MR) is 75.2 cm³/mol. The van der Waals surface area contributed by atoms with Crippen molar-refractivity contribution < 1.29 is 9.53 Å². The van der Waals surface area contributed by atoms with Crippen LogP contribution in [0.5, 0.6) is 0 Å². The second kappa shape index (κ2) is 5.24. The highest BCUT2D eigenvalue weighted by atomic mass is 32.2. The number of nitrogens with one attached hydrogen (secondary N) is 1. The summed E-state index contributed by atoms with van der Waals surface area (Å²) in [6, 6.07) is 1.67. The summed E-state index contributed by atoms with van der Waals surface area (Å²) in [6.45, 7) is 0. The van der Waals surface area contributed by atoms with Crippen LogP contribution >= 0.6 is 11.8 Å². The summed E-state index contributed by atoms with van der Waals surface area (Å²) < 4.78 is 6.31. The zero-order valence-corrected chi connectivity index (χ0v) is 12.0. The Morgan fingerprint density at radius 3 is 3.00 bits per heavy atom. The fourth-order valence-electron chi connectivity index (χ4n) is 1.91. The molecule has 0 spiro atoms. The first-order chi connectivity index (χ1) is 10.1. The molecule has 1 saturated carbocycles. The highest BCUT2D eigenvalue weighted by Crippen LogP contribution is 2.38. The molecule has 2 heterocycles. The molecule has 0 aliphatic heterocycles. The van der Waals surface area contributed by atoms with Gasteiger partial charge >= 0.3 is 11.7 Å². The molecule has 110 valence electrons. The van der Waals surface area contributed by atoms with E-state index >= 15 is 0 Å². The Hall–Kier alpha value is -2.29. The molecule has 0 atom stereocenters. The molecule has 0 radical (unpaired) electrons. The van der Waals surface area contributed by atoms with E-state index in [2.05, 4.69) is 15.2 Å². The summed E-state index contributed by atoms with van der Waals surface area (Å²) in [6.07, 6.45) is 3.35. The number of pyridine rings is 1. The largest absolute Gasteiger partial charge is 0.465 e. The van der Waals surface area contributed by atoms with Crippen LogP contribution < -0.4 is 11.4 Å². The van der Waals surface area contributed by atoms with Crippen molar-refractivity contribution in [3.05, 3.63) is 28.3 Å². The molecule has 1 fully saturated rings. The quantitative estimate of drug-likeness (QED) is 0.803. The highest BCUT2D eigenvalue weighted by molar-refractivity contribution is 7.99. The van der Waals surface area contributed by atoms with E-state index in [0.717, 1.165) is 24.6 Å². The molecular formula is C12H13N5O3S. The SMILES string of the molecule is COC(=O)c1cc(N)cnc1Sc1n[nH]c(=O)n1C1CC1. The van der Waals surface area contributed by atoms with E-state index in [1.807, 2.05) is 0 Å². The molecule has 0 saturated heterocycles. The molecule has 8 nitrogen and oxygen atoms in total. The minimum atomic E-state index is -0.534.